The third kappa shape index (κ3) is 4.94. The molecule has 156 valence electrons. The van der Waals surface area contributed by atoms with Gasteiger partial charge in [-0.1, -0.05) is 36.4 Å². The average Bonchev–Trinajstić information content (AvgIpc) is 3.30. The van der Waals surface area contributed by atoms with E-state index in [4.69, 9.17) is 0 Å². The molecule has 1 aromatic heterocycles. The van der Waals surface area contributed by atoms with Gasteiger partial charge in [-0.15, -0.1) is 23.1 Å². The van der Waals surface area contributed by atoms with Crippen LogP contribution in [0.2, 0.25) is 0 Å². The summed E-state index contributed by atoms with van der Waals surface area (Å²) in [5.41, 5.74) is 6.34. The monoisotopic (exact) mass is 437 g/mol. The van der Waals surface area contributed by atoms with E-state index in [1.807, 2.05) is 29.8 Å². The molecule has 2 aromatic carbocycles. The van der Waals surface area contributed by atoms with E-state index in [1.165, 1.54) is 11.1 Å². The van der Waals surface area contributed by atoms with Crippen molar-refractivity contribution in [3.8, 4) is 0 Å². The van der Waals surface area contributed by atoms with Crippen molar-refractivity contribution in [3.05, 3.63) is 81.8 Å². The molecule has 2 heterocycles. The van der Waals surface area contributed by atoms with Gasteiger partial charge in [0.2, 0.25) is 0 Å². The molecule has 30 heavy (non-hydrogen) atoms. The van der Waals surface area contributed by atoms with Gasteiger partial charge in [0.05, 0.1) is 16.8 Å². The second kappa shape index (κ2) is 9.33. The highest BCUT2D eigenvalue weighted by atomic mass is 32.2. The second-order valence-electron chi connectivity index (χ2n) is 8.20. The van der Waals surface area contributed by atoms with Crippen LogP contribution in [0.25, 0.3) is 0 Å². The Hall–Kier alpha value is -2.15. The van der Waals surface area contributed by atoms with Gasteiger partial charge in [-0.2, -0.15) is 0 Å². The summed E-state index contributed by atoms with van der Waals surface area (Å²) in [4.78, 5) is 20.8. The van der Waals surface area contributed by atoms with E-state index in [9.17, 15) is 4.79 Å². The molecule has 6 heteroatoms. The zero-order valence-electron chi connectivity index (χ0n) is 17.4. The number of amides is 1. The molecular weight excluding hydrogens is 410 g/mol. The van der Waals surface area contributed by atoms with Gasteiger partial charge in [0.25, 0.3) is 5.91 Å². The average molecular weight is 438 g/mol. The lowest BCUT2D eigenvalue weighted by atomic mass is 9.94. The minimum Gasteiger partial charge on any atom is -0.350 e. The Morgan fingerprint density at radius 3 is 2.73 bits per heavy atom. The molecule has 1 aliphatic heterocycles. The van der Waals surface area contributed by atoms with Gasteiger partial charge in [-0.25, -0.2) is 4.98 Å². The van der Waals surface area contributed by atoms with E-state index in [1.54, 1.807) is 23.1 Å². The first-order valence-electron chi connectivity index (χ1n) is 10.2. The van der Waals surface area contributed by atoms with E-state index >= 15 is 0 Å². The van der Waals surface area contributed by atoms with E-state index < -0.39 is 0 Å². The van der Waals surface area contributed by atoms with Gasteiger partial charge in [0.1, 0.15) is 0 Å². The molecule has 0 aliphatic carbocycles. The Bertz CT molecular complexity index is 1000. The quantitative estimate of drug-likeness (QED) is 0.528. The van der Waals surface area contributed by atoms with Crippen molar-refractivity contribution in [2.75, 3.05) is 13.1 Å². The van der Waals surface area contributed by atoms with Crippen molar-refractivity contribution >= 4 is 29.0 Å². The molecule has 0 bridgehead atoms. The Kier molecular flexibility index (Phi) is 6.56. The fourth-order valence-corrected chi connectivity index (χ4v) is 5.37. The number of aromatic nitrogens is 1. The first-order valence-corrected chi connectivity index (χ1v) is 12.1. The maximum absolute atomic E-state index is 13.0. The fraction of sp³-hybridized carbons (Fsp3) is 0.333. The van der Waals surface area contributed by atoms with Crippen LogP contribution < -0.4 is 5.32 Å². The molecule has 0 spiro atoms. The van der Waals surface area contributed by atoms with Crippen LogP contribution in [0, 0.1) is 0 Å². The normalized spacial score (nSPS) is 14.3. The largest absolute Gasteiger partial charge is 0.350 e. The summed E-state index contributed by atoms with van der Waals surface area (Å²) < 4.78 is 0. The molecule has 0 unspecified atom stereocenters. The van der Waals surface area contributed by atoms with Crippen LogP contribution in [0.4, 0.5) is 0 Å². The molecule has 4 rings (SSSR count). The van der Waals surface area contributed by atoms with Crippen LogP contribution in [-0.4, -0.2) is 34.4 Å². The molecule has 0 saturated heterocycles. The number of nitrogens with zero attached hydrogens (tertiary/aromatic N) is 2. The summed E-state index contributed by atoms with van der Waals surface area (Å²) in [5.74, 6) is 0.758. The summed E-state index contributed by atoms with van der Waals surface area (Å²) in [6, 6.07) is 16.5. The third-order valence-corrected chi connectivity index (χ3v) is 7.40. The second-order valence-corrected chi connectivity index (χ2v) is 9.94. The highest BCUT2D eigenvalue weighted by Gasteiger charge is 2.30. The summed E-state index contributed by atoms with van der Waals surface area (Å²) in [5, 5.41) is 5.24. The summed E-state index contributed by atoms with van der Waals surface area (Å²) >= 11 is 3.26. The fourth-order valence-electron chi connectivity index (χ4n) is 3.76. The SMILES string of the molecule is CC(C)(CNC(=O)c1ccccc1SCc1cscn1)N1CCc2ccccc2C1. The number of carbonyl (C=O) groups excluding carboxylic acids is 1. The first kappa shape index (κ1) is 21.1. The van der Waals surface area contributed by atoms with Crippen molar-refractivity contribution in [2.45, 2.75) is 43.0 Å². The zero-order chi connectivity index (χ0) is 21.0. The Morgan fingerprint density at radius 1 is 1.17 bits per heavy atom. The first-order chi connectivity index (χ1) is 14.5. The van der Waals surface area contributed by atoms with E-state index in [0.29, 0.717) is 6.54 Å². The van der Waals surface area contributed by atoms with E-state index in [-0.39, 0.29) is 11.4 Å². The molecule has 1 N–H and O–H groups in total. The molecule has 0 atom stereocenters. The van der Waals surface area contributed by atoms with E-state index in [2.05, 4.69) is 58.7 Å². The van der Waals surface area contributed by atoms with Crippen molar-refractivity contribution in [3.63, 3.8) is 0 Å². The van der Waals surface area contributed by atoms with E-state index in [0.717, 1.165) is 41.4 Å². The molecule has 0 fully saturated rings. The molecular formula is C24H27N3OS2. The molecule has 0 saturated carbocycles. The highest BCUT2D eigenvalue weighted by Crippen LogP contribution is 2.27. The van der Waals surface area contributed by atoms with Crippen molar-refractivity contribution in [2.24, 2.45) is 0 Å². The summed E-state index contributed by atoms with van der Waals surface area (Å²) in [6.07, 6.45) is 1.06. The number of benzene rings is 2. The minimum atomic E-state index is -0.119. The smallest absolute Gasteiger partial charge is 0.252 e. The minimum absolute atomic E-state index is 0.0122. The standard InChI is InChI=1S/C24H27N3OS2/c1-24(2,27-12-11-18-7-3-4-8-19(18)13-27)16-25-23(28)21-9-5-6-10-22(21)30-15-20-14-29-17-26-20/h3-10,14,17H,11-13,15-16H2,1-2H3,(H,25,28). The van der Waals surface area contributed by atoms with Crippen LogP contribution >= 0.6 is 23.1 Å². The number of carbonyl (C=O) groups is 1. The van der Waals surface area contributed by atoms with Crippen LogP contribution in [0.15, 0.2) is 64.3 Å². The van der Waals surface area contributed by atoms with Crippen LogP contribution in [0.3, 0.4) is 0 Å². The lowest BCUT2D eigenvalue weighted by Crippen LogP contribution is -2.53. The molecule has 3 aromatic rings. The third-order valence-electron chi connectivity index (χ3n) is 5.66. The molecule has 4 nitrogen and oxygen atoms in total. The van der Waals surface area contributed by atoms with Crippen LogP contribution in [-0.2, 0) is 18.7 Å². The summed E-state index contributed by atoms with van der Waals surface area (Å²) in [7, 11) is 0. The Labute approximate surface area is 186 Å². The van der Waals surface area contributed by atoms with Crippen LogP contribution in [0.1, 0.15) is 41.0 Å². The molecule has 0 radical (unpaired) electrons. The predicted molar refractivity (Wildman–Crippen MR) is 125 cm³/mol. The maximum atomic E-state index is 13.0. The number of rotatable bonds is 7. The number of nitrogens with one attached hydrogen (secondary N) is 1. The number of thiazole rings is 1. The van der Waals surface area contributed by atoms with Crippen molar-refractivity contribution in [1.82, 2.24) is 15.2 Å². The van der Waals surface area contributed by atoms with Gasteiger partial charge in [-0.3, -0.25) is 9.69 Å². The lowest BCUT2D eigenvalue weighted by molar-refractivity contribution is 0.0824. The zero-order valence-corrected chi connectivity index (χ0v) is 19.1. The van der Waals surface area contributed by atoms with Gasteiger partial charge in [0, 0.05) is 41.2 Å². The number of hydrogen-bond acceptors (Lipinski definition) is 5. The lowest BCUT2D eigenvalue weighted by Gasteiger charge is -2.41. The predicted octanol–water partition coefficient (Wildman–Crippen LogP) is 5.00. The Balaban J connectivity index is 1.38. The highest BCUT2D eigenvalue weighted by molar-refractivity contribution is 7.98. The van der Waals surface area contributed by atoms with Crippen molar-refractivity contribution in [1.29, 1.82) is 0 Å². The molecule has 1 amide bonds. The van der Waals surface area contributed by atoms with Crippen LogP contribution in [0.5, 0.6) is 0 Å². The topological polar surface area (TPSA) is 45.2 Å². The number of hydrogen-bond donors (Lipinski definition) is 1. The summed E-state index contributed by atoms with van der Waals surface area (Å²) in [6.45, 7) is 6.98. The maximum Gasteiger partial charge on any atom is 0.252 e. The molecule has 1 aliphatic rings. The van der Waals surface area contributed by atoms with Gasteiger partial charge in [-0.05, 0) is 43.5 Å². The number of thioether (sulfide) groups is 1. The van der Waals surface area contributed by atoms with Gasteiger partial charge >= 0.3 is 0 Å². The van der Waals surface area contributed by atoms with Crippen molar-refractivity contribution < 1.29 is 4.79 Å². The number of fused-ring (bicyclic) bond motifs is 1. The Morgan fingerprint density at radius 2 is 1.93 bits per heavy atom. The van der Waals surface area contributed by atoms with Gasteiger partial charge < -0.3 is 5.32 Å². The van der Waals surface area contributed by atoms with Gasteiger partial charge in [0.15, 0.2) is 0 Å².